The van der Waals surface area contributed by atoms with Gasteiger partial charge in [-0.05, 0) is 38.1 Å². The van der Waals surface area contributed by atoms with Gasteiger partial charge in [0.25, 0.3) is 0 Å². The van der Waals surface area contributed by atoms with Crippen LogP contribution in [0.5, 0.6) is 11.5 Å². The lowest BCUT2D eigenvalue weighted by Crippen LogP contribution is -2.13. The lowest BCUT2D eigenvalue weighted by molar-refractivity contribution is 0.0510. The molecule has 1 aromatic heterocycles. The fourth-order valence-electron chi connectivity index (χ4n) is 2.92. The van der Waals surface area contributed by atoms with E-state index in [0.29, 0.717) is 5.69 Å². The van der Waals surface area contributed by atoms with Gasteiger partial charge in [0, 0.05) is 5.69 Å². The molecule has 0 radical (unpaired) electrons. The number of esters is 2. The Hall–Kier alpha value is -4.26. The van der Waals surface area contributed by atoms with Crippen molar-refractivity contribution in [3.05, 3.63) is 58.9 Å². The molecule has 2 aromatic carbocycles. The number of methoxy groups -OCH3 is 2. The molecule has 3 aromatic rings. The molecule has 0 aliphatic rings. The third-order valence-electron chi connectivity index (χ3n) is 4.57. The lowest BCUT2D eigenvalue weighted by atomic mass is 10.1. The Morgan fingerprint density at radius 3 is 1.97 bits per heavy atom. The van der Waals surface area contributed by atoms with Crippen molar-refractivity contribution in [3.63, 3.8) is 0 Å². The number of nitrogens with two attached hydrogens (primary N) is 1. The standard InChI is InChI=1S/C13H14FN3O4.C10H12FNO3/c1-3-21-13(19)11-9(4-5-10(20-2)12(11)14)17-6-8(7-18)15-16-17;1-3-15-10(13)8-6(12)4-5-7(14-2)9(8)11/h4-6,18H,3,7H2,1-2H3;4-5H,3,12H2,1-2H3. The van der Waals surface area contributed by atoms with E-state index in [2.05, 4.69) is 15.0 Å². The monoisotopic (exact) mass is 508 g/mol. The molecule has 0 saturated heterocycles. The van der Waals surface area contributed by atoms with E-state index in [0.717, 1.165) is 0 Å². The van der Waals surface area contributed by atoms with Crippen molar-refractivity contribution in [2.45, 2.75) is 20.5 Å². The summed E-state index contributed by atoms with van der Waals surface area (Å²) >= 11 is 0. The third-order valence-corrected chi connectivity index (χ3v) is 4.57. The van der Waals surface area contributed by atoms with E-state index in [1.807, 2.05) is 0 Å². The second kappa shape index (κ2) is 13.0. The summed E-state index contributed by atoms with van der Waals surface area (Å²) in [5, 5.41) is 16.4. The Balaban J connectivity index is 0.000000269. The normalized spacial score (nSPS) is 10.2. The second-order valence-electron chi connectivity index (χ2n) is 6.78. The fourth-order valence-corrected chi connectivity index (χ4v) is 2.92. The van der Waals surface area contributed by atoms with E-state index in [4.69, 9.17) is 25.1 Å². The van der Waals surface area contributed by atoms with Crippen LogP contribution >= 0.6 is 0 Å². The molecular weight excluding hydrogens is 482 g/mol. The topological polar surface area (TPSA) is 148 Å². The van der Waals surface area contributed by atoms with Crippen molar-refractivity contribution in [2.75, 3.05) is 33.2 Å². The highest BCUT2D eigenvalue weighted by Gasteiger charge is 2.24. The van der Waals surface area contributed by atoms with Crippen LogP contribution in [0.4, 0.5) is 14.5 Å². The molecule has 0 fully saturated rings. The van der Waals surface area contributed by atoms with E-state index in [9.17, 15) is 18.4 Å². The Kier molecular flexibility index (Phi) is 10.1. The summed E-state index contributed by atoms with van der Waals surface area (Å²) in [6.07, 6.45) is 1.39. The lowest BCUT2D eigenvalue weighted by Gasteiger charge is -2.11. The van der Waals surface area contributed by atoms with Crippen LogP contribution in [-0.2, 0) is 16.1 Å². The Morgan fingerprint density at radius 1 is 0.944 bits per heavy atom. The third kappa shape index (κ3) is 6.24. The number of nitrogen functional groups attached to an aromatic ring is 1. The summed E-state index contributed by atoms with van der Waals surface area (Å²) in [5.41, 5.74) is 5.38. The number of benzene rings is 2. The minimum atomic E-state index is -0.838. The molecule has 0 atom stereocenters. The predicted molar refractivity (Wildman–Crippen MR) is 123 cm³/mol. The highest BCUT2D eigenvalue weighted by atomic mass is 19.1. The van der Waals surface area contributed by atoms with Crippen molar-refractivity contribution < 1.29 is 42.4 Å². The smallest absolute Gasteiger partial charge is 0.343 e. The van der Waals surface area contributed by atoms with Gasteiger partial charge in [0.05, 0.1) is 45.9 Å². The SMILES string of the molecule is CCOC(=O)c1c(-n2cc(CO)nn2)ccc(OC)c1F.CCOC(=O)c1c(N)ccc(OC)c1F. The van der Waals surface area contributed by atoms with Crippen molar-refractivity contribution in [1.82, 2.24) is 15.0 Å². The number of aliphatic hydroxyl groups excluding tert-OH is 1. The average Bonchev–Trinajstić information content (AvgIpc) is 3.34. The highest BCUT2D eigenvalue weighted by Crippen LogP contribution is 2.27. The summed E-state index contributed by atoms with van der Waals surface area (Å²) in [4.78, 5) is 23.3. The number of rotatable bonds is 8. The minimum Gasteiger partial charge on any atom is -0.494 e. The second-order valence-corrected chi connectivity index (χ2v) is 6.78. The summed E-state index contributed by atoms with van der Waals surface area (Å²) in [5.74, 6) is -3.36. The number of hydrogen-bond acceptors (Lipinski definition) is 10. The van der Waals surface area contributed by atoms with E-state index in [-0.39, 0.29) is 53.8 Å². The number of ether oxygens (including phenoxy) is 4. The van der Waals surface area contributed by atoms with Crippen LogP contribution in [0.15, 0.2) is 30.5 Å². The zero-order valence-corrected chi connectivity index (χ0v) is 20.1. The number of halogens is 2. The highest BCUT2D eigenvalue weighted by molar-refractivity contribution is 5.96. The summed E-state index contributed by atoms with van der Waals surface area (Å²) in [6.45, 7) is 3.21. The molecular formula is C23H26F2N4O7. The number of aliphatic hydroxyl groups is 1. The van der Waals surface area contributed by atoms with Crippen LogP contribution < -0.4 is 15.2 Å². The summed E-state index contributed by atoms with van der Waals surface area (Å²) in [7, 11) is 2.61. The van der Waals surface area contributed by atoms with Crippen LogP contribution in [0.3, 0.4) is 0 Å². The first-order valence-electron chi connectivity index (χ1n) is 10.6. The summed E-state index contributed by atoms with van der Waals surface area (Å²) in [6, 6.07) is 5.58. The molecule has 1 heterocycles. The average molecular weight is 508 g/mol. The maximum absolute atomic E-state index is 14.3. The maximum Gasteiger partial charge on any atom is 0.343 e. The number of aromatic nitrogens is 3. The van der Waals surface area contributed by atoms with Gasteiger partial charge in [0.2, 0.25) is 0 Å². The van der Waals surface area contributed by atoms with Gasteiger partial charge in [0.1, 0.15) is 16.8 Å². The minimum absolute atomic E-state index is 0.0340. The summed E-state index contributed by atoms with van der Waals surface area (Å²) < 4.78 is 48.3. The fraction of sp³-hybridized carbons (Fsp3) is 0.304. The molecule has 194 valence electrons. The van der Waals surface area contributed by atoms with Crippen LogP contribution in [0.1, 0.15) is 40.3 Å². The van der Waals surface area contributed by atoms with Gasteiger partial charge < -0.3 is 29.8 Å². The Bertz CT molecular complexity index is 1220. The zero-order valence-electron chi connectivity index (χ0n) is 20.1. The van der Waals surface area contributed by atoms with E-state index < -0.39 is 23.6 Å². The van der Waals surface area contributed by atoms with E-state index in [1.54, 1.807) is 13.8 Å². The van der Waals surface area contributed by atoms with Crippen LogP contribution in [0.2, 0.25) is 0 Å². The molecule has 0 aliphatic carbocycles. The van der Waals surface area contributed by atoms with Crippen LogP contribution in [-0.4, -0.2) is 59.5 Å². The molecule has 13 heteroatoms. The molecule has 3 rings (SSSR count). The molecule has 0 unspecified atom stereocenters. The largest absolute Gasteiger partial charge is 0.494 e. The molecule has 3 N–H and O–H groups in total. The Labute approximate surface area is 205 Å². The molecule has 0 saturated carbocycles. The van der Waals surface area contributed by atoms with Crippen LogP contribution in [0, 0.1) is 11.6 Å². The van der Waals surface area contributed by atoms with E-state index >= 15 is 0 Å². The molecule has 36 heavy (non-hydrogen) atoms. The van der Waals surface area contributed by atoms with Gasteiger partial charge in [-0.15, -0.1) is 5.10 Å². The van der Waals surface area contributed by atoms with Gasteiger partial charge in [-0.2, -0.15) is 0 Å². The van der Waals surface area contributed by atoms with Crippen molar-refractivity contribution >= 4 is 17.6 Å². The Morgan fingerprint density at radius 2 is 1.47 bits per heavy atom. The molecule has 0 spiro atoms. The molecule has 0 amide bonds. The van der Waals surface area contributed by atoms with Gasteiger partial charge in [0.15, 0.2) is 23.1 Å². The van der Waals surface area contributed by atoms with Gasteiger partial charge in [-0.25, -0.2) is 23.1 Å². The number of nitrogens with zero attached hydrogens (tertiary/aromatic N) is 3. The van der Waals surface area contributed by atoms with Crippen LogP contribution in [0.25, 0.3) is 5.69 Å². The maximum atomic E-state index is 14.3. The molecule has 0 aliphatic heterocycles. The van der Waals surface area contributed by atoms with Gasteiger partial charge >= 0.3 is 11.9 Å². The molecule has 0 bridgehead atoms. The number of carbonyl (C=O) groups is 2. The van der Waals surface area contributed by atoms with Crippen molar-refractivity contribution in [1.29, 1.82) is 0 Å². The number of carbonyl (C=O) groups excluding carboxylic acids is 2. The number of anilines is 1. The van der Waals surface area contributed by atoms with Gasteiger partial charge in [-0.1, -0.05) is 5.21 Å². The number of hydrogen-bond donors (Lipinski definition) is 2. The predicted octanol–water partition coefficient (Wildman–Crippen LogP) is 2.68. The quantitative estimate of drug-likeness (QED) is 0.344. The molecule has 11 nitrogen and oxygen atoms in total. The van der Waals surface area contributed by atoms with Gasteiger partial charge in [-0.3, -0.25) is 0 Å². The first kappa shape index (κ1) is 28.0. The van der Waals surface area contributed by atoms with Crippen molar-refractivity contribution in [2.24, 2.45) is 0 Å². The zero-order chi connectivity index (χ0) is 26.8. The first-order valence-corrected chi connectivity index (χ1v) is 10.6. The first-order chi connectivity index (χ1) is 17.2. The van der Waals surface area contributed by atoms with E-state index in [1.165, 1.54) is 49.4 Å². The van der Waals surface area contributed by atoms with Crippen molar-refractivity contribution in [3.8, 4) is 17.2 Å².